The first-order valence-electron chi connectivity index (χ1n) is 7.66. The third kappa shape index (κ3) is 2.07. The van der Waals surface area contributed by atoms with Crippen LogP contribution < -0.4 is 10.2 Å². The maximum atomic E-state index is 11.8. The zero-order valence-corrected chi connectivity index (χ0v) is 13.1. The molecule has 1 N–H and O–H groups in total. The summed E-state index contributed by atoms with van der Waals surface area (Å²) in [5.74, 6) is 1.02. The van der Waals surface area contributed by atoms with Crippen molar-refractivity contribution in [3.8, 4) is 0 Å². The SMILES string of the molecule is COC(=O)c1ccc2c(c1)nc(N1C[C@@H]3CNC(=O)[C@@H]3C1)n2C. The Kier molecular flexibility index (Phi) is 3.04. The van der Waals surface area contributed by atoms with Crippen LogP contribution in [0.4, 0.5) is 5.95 Å². The molecule has 0 saturated carbocycles. The summed E-state index contributed by atoms with van der Waals surface area (Å²) >= 11 is 0. The molecular formula is C16H18N4O3. The van der Waals surface area contributed by atoms with E-state index in [-0.39, 0.29) is 17.8 Å². The molecule has 2 aliphatic heterocycles. The molecule has 2 aromatic rings. The van der Waals surface area contributed by atoms with Gasteiger partial charge in [-0.15, -0.1) is 0 Å². The van der Waals surface area contributed by atoms with Crippen molar-refractivity contribution < 1.29 is 14.3 Å². The van der Waals surface area contributed by atoms with E-state index in [9.17, 15) is 9.59 Å². The van der Waals surface area contributed by atoms with E-state index >= 15 is 0 Å². The molecule has 4 rings (SSSR count). The highest BCUT2D eigenvalue weighted by Crippen LogP contribution is 2.32. The van der Waals surface area contributed by atoms with Gasteiger partial charge in [-0.1, -0.05) is 0 Å². The minimum Gasteiger partial charge on any atom is -0.465 e. The number of fused-ring (bicyclic) bond motifs is 2. The number of ether oxygens (including phenoxy) is 1. The van der Waals surface area contributed by atoms with Gasteiger partial charge in [-0.25, -0.2) is 9.78 Å². The topological polar surface area (TPSA) is 76.5 Å². The van der Waals surface area contributed by atoms with Crippen LogP contribution in [-0.2, 0) is 16.6 Å². The molecule has 2 saturated heterocycles. The number of amides is 1. The molecule has 1 aromatic carbocycles. The third-order valence-electron chi connectivity index (χ3n) is 4.88. The average molecular weight is 314 g/mol. The fourth-order valence-corrected chi connectivity index (χ4v) is 3.62. The second-order valence-electron chi connectivity index (χ2n) is 6.18. The highest BCUT2D eigenvalue weighted by Gasteiger charge is 2.43. The van der Waals surface area contributed by atoms with Crippen molar-refractivity contribution in [2.75, 3.05) is 31.6 Å². The van der Waals surface area contributed by atoms with E-state index in [2.05, 4.69) is 15.2 Å². The normalized spacial score (nSPS) is 23.2. The largest absolute Gasteiger partial charge is 0.465 e. The number of benzene rings is 1. The number of aryl methyl sites for hydroxylation is 1. The zero-order valence-electron chi connectivity index (χ0n) is 13.1. The monoisotopic (exact) mass is 314 g/mol. The second kappa shape index (κ2) is 4.97. The fraction of sp³-hybridized carbons (Fsp3) is 0.438. The summed E-state index contributed by atoms with van der Waals surface area (Å²) < 4.78 is 6.77. The summed E-state index contributed by atoms with van der Waals surface area (Å²) in [6, 6.07) is 5.36. The Labute approximate surface area is 133 Å². The lowest BCUT2D eigenvalue weighted by Gasteiger charge is -2.18. The molecule has 7 heteroatoms. The van der Waals surface area contributed by atoms with Gasteiger partial charge in [0.2, 0.25) is 11.9 Å². The average Bonchev–Trinajstić information content (AvgIpc) is 3.21. The Morgan fingerprint density at radius 1 is 1.39 bits per heavy atom. The van der Waals surface area contributed by atoms with E-state index in [1.165, 1.54) is 7.11 Å². The van der Waals surface area contributed by atoms with Gasteiger partial charge >= 0.3 is 5.97 Å². The second-order valence-corrected chi connectivity index (χ2v) is 6.18. The van der Waals surface area contributed by atoms with Gasteiger partial charge in [-0.2, -0.15) is 0 Å². The number of carbonyl (C=O) groups excluding carboxylic acids is 2. The lowest BCUT2D eigenvalue weighted by Crippen LogP contribution is -2.30. The molecule has 0 bridgehead atoms. The Balaban J connectivity index is 1.69. The Hall–Kier alpha value is -2.57. The summed E-state index contributed by atoms with van der Waals surface area (Å²) in [6.07, 6.45) is 0. The molecular weight excluding hydrogens is 296 g/mol. The summed E-state index contributed by atoms with van der Waals surface area (Å²) in [6.45, 7) is 2.26. The van der Waals surface area contributed by atoms with Gasteiger partial charge in [-0.3, -0.25) is 4.79 Å². The van der Waals surface area contributed by atoms with Crippen molar-refractivity contribution in [3.05, 3.63) is 23.8 Å². The molecule has 0 unspecified atom stereocenters. The maximum absolute atomic E-state index is 11.8. The van der Waals surface area contributed by atoms with Crippen LogP contribution in [0.25, 0.3) is 11.0 Å². The van der Waals surface area contributed by atoms with Crippen LogP contribution in [0.2, 0.25) is 0 Å². The van der Waals surface area contributed by atoms with Crippen LogP contribution in [0.3, 0.4) is 0 Å². The highest BCUT2D eigenvalue weighted by atomic mass is 16.5. The Morgan fingerprint density at radius 3 is 2.96 bits per heavy atom. The molecule has 7 nitrogen and oxygen atoms in total. The van der Waals surface area contributed by atoms with Gasteiger partial charge < -0.3 is 19.5 Å². The smallest absolute Gasteiger partial charge is 0.337 e. The summed E-state index contributed by atoms with van der Waals surface area (Å²) in [4.78, 5) is 30.3. The van der Waals surface area contributed by atoms with Crippen LogP contribution in [0, 0.1) is 11.8 Å². The van der Waals surface area contributed by atoms with E-state index in [4.69, 9.17) is 4.74 Å². The quantitative estimate of drug-likeness (QED) is 0.819. The molecule has 23 heavy (non-hydrogen) atoms. The molecule has 120 valence electrons. The number of nitrogens with one attached hydrogen (secondary N) is 1. The van der Waals surface area contributed by atoms with Crippen molar-refractivity contribution in [1.29, 1.82) is 0 Å². The molecule has 1 amide bonds. The molecule has 0 radical (unpaired) electrons. The van der Waals surface area contributed by atoms with Crippen molar-refractivity contribution in [2.45, 2.75) is 0 Å². The van der Waals surface area contributed by atoms with Crippen molar-refractivity contribution in [1.82, 2.24) is 14.9 Å². The van der Waals surface area contributed by atoms with Gasteiger partial charge in [0.15, 0.2) is 0 Å². The van der Waals surface area contributed by atoms with E-state index < -0.39 is 0 Å². The number of rotatable bonds is 2. The number of aromatic nitrogens is 2. The predicted molar refractivity (Wildman–Crippen MR) is 84.3 cm³/mol. The number of methoxy groups -OCH3 is 1. The Morgan fingerprint density at radius 2 is 2.22 bits per heavy atom. The lowest BCUT2D eigenvalue weighted by molar-refractivity contribution is -0.122. The highest BCUT2D eigenvalue weighted by molar-refractivity contribution is 5.94. The predicted octanol–water partition coefficient (Wildman–Crippen LogP) is 0.542. The number of nitrogens with zero attached hydrogens (tertiary/aromatic N) is 3. The molecule has 2 atom stereocenters. The lowest BCUT2D eigenvalue weighted by atomic mass is 10.0. The van der Waals surface area contributed by atoms with Gasteiger partial charge in [0, 0.05) is 32.6 Å². The number of hydrogen-bond donors (Lipinski definition) is 1. The molecule has 2 aliphatic rings. The Bertz CT molecular complexity index is 813. The fourth-order valence-electron chi connectivity index (χ4n) is 3.62. The third-order valence-corrected chi connectivity index (χ3v) is 4.88. The molecule has 2 fully saturated rings. The number of anilines is 1. The standard InChI is InChI=1S/C16H18N4O3/c1-19-13-4-3-9(15(22)23-2)5-12(13)18-16(19)20-7-10-6-17-14(21)11(10)8-20/h3-5,10-11H,6-8H2,1-2H3,(H,17,21)/t10-,11+/m0/s1. The van der Waals surface area contributed by atoms with E-state index in [0.717, 1.165) is 30.1 Å². The minimum absolute atomic E-state index is 0.0560. The number of imidazole rings is 1. The molecule has 3 heterocycles. The first-order chi connectivity index (χ1) is 11.1. The van der Waals surface area contributed by atoms with Gasteiger partial charge in [0.25, 0.3) is 0 Å². The summed E-state index contributed by atoms with van der Waals surface area (Å²) in [7, 11) is 3.32. The summed E-state index contributed by atoms with van der Waals surface area (Å²) in [5.41, 5.74) is 2.20. The van der Waals surface area contributed by atoms with Crippen LogP contribution >= 0.6 is 0 Å². The van der Waals surface area contributed by atoms with Crippen LogP contribution in [0.15, 0.2) is 18.2 Å². The zero-order chi connectivity index (χ0) is 16.1. The first-order valence-corrected chi connectivity index (χ1v) is 7.66. The molecule has 1 aromatic heterocycles. The van der Waals surface area contributed by atoms with Crippen LogP contribution in [-0.4, -0.2) is 48.2 Å². The van der Waals surface area contributed by atoms with Crippen LogP contribution in [0.5, 0.6) is 0 Å². The van der Waals surface area contributed by atoms with E-state index in [1.807, 2.05) is 17.7 Å². The summed E-state index contributed by atoms with van der Waals surface area (Å²) in [5, 5.41) is 2.92. The minimum atomic E-state index is -0.369. The van der Waals surface area contributed by atoms with Crippen LogP contribution in [0.1, 0.15) is 10.4 Å². The van der Waals surface area contributed by atoms with Crippen molar-refractivity contribution in [3.63, 3.8) is 0 Å². The van der Waals surface area contributed by atoms with Crippen molar-refractivity contribution in [2.24, 2.45) is 18.9 Å². The van der Waals surface area contributed by atoms with Crippen molar-refractivity contribution >= 4 is 28.9 Å². The number of esters is 1. The molecule has 0 aliphatic carbocycles. The van der Waals surface area contributed by atoms with E-state index in [0.29, 0.717) is 18.0 Å². The van der Waals surface area contributed by atoms with Gasteiger partial charge in [-0.05, 0) is 18.2 Å². The van der Waals surface area contributed by atoms with Gasteiger partial charge in [0.05, 0.1) is 29.6 Å². The maximum Gasteiger partial charge on any atom is 0.337 e. The van der Waals surface area contributed by atoms with Gasteiger partial charge in [0.1, 0.15) is 0 Å². The first kappa shape index (κ1) is 14.0. The number of carbonyl (C=O) groups is 2. The number of hydrogen-bond acceptors (Lipinski definition) is 5. The van der Waals surface area contributed by atoms with E-state index in [1.54, 1.807) is 12.1 Å². The molecule has 0 spiro atoms.